The third-order valence-electron chi connectivity index (χ3n) is 1.68. The molecule has 0 fully saturated rings. The molecule has 0 heterocycles. The highest BCUT2D eigenvalue weighted by Gasteiger charge is 2.09. The average molecular weight is 283 g/mol. The van der Waals surface area contributed by atoms with E-state index in [-0.39, 0.29) is 0 Å². The Bertz CT molecular complexity index is 479. The van der Waals surface area contributed by atoms with Crippen molar-refractivity contribution in [2.45, 2.75) is 6.42 Å². The van der Waals surface area contributed by atoms with Crippen molar-refractivity contribution in [3.63, 3.8) is 0 Å². The van der Waals surface area contributed by atoms with E-state index in [2.05, 4.69) is 21.2 Å². The number of carbonyl (C=O) groups excluding carboxylic acids is 1. The maximum Gasteiger partial charge on any atom is 0.312 e. The first-order valence-corrected chi connectivity index (χ1v) is 5.03. The molecule has 0 saturated heterocycles. The largest absolute Gasteiger partial charge is 0.481 e. The second-order valence-corrected chi connectivity index (χ2v) is 3.78. The highest BCUT2D eigenvalue weighted by Crippen LogP contribution is 2.23. The SMILES string of the molecule is N#Cc1ccc(NC(=O)CC(=O)O)c(Br)c1. The van der Waals surface area contributed by atoms with Crippen LogP contribution in [0.15, 0.2) is 22.7 Å². The maximum atomic E-state index is 11.2. The summed E-state index contributed by atoms with van der Waals surface area (Å²) in [7, 11) is 0. The first kappa shape index (κ1) is 12.2. The zero-order valence-electron chi connectivity index (χ0n) is 8.03. The van der Waals surface area contributed by atoms with Gasteiger partial charge in [0.2, 0.25) is 5.91 Å². The fraction of sp³-hybridized carbons (Fsp3) is 0.100. The summed E-state index contributed by atoms with van der Waals surface area (Å²) in [5, 5.41) is 19.4. The van der Waals surface area contributed by atoms with Gasteiger partial charge in [-0.3, -0.25) is 9.59 Å². The summed E-state index contributed by atoms with van der Waals surface area (Å²) in [5.41, 5.74) is 0.883. The van der Waals surface area contributed by atoms with E-state index in [0.717, 1.165) is 0 Å². The van der Waals surface area contributed by atoms with Crippen LogP contribution < -0.4 is 5.32 Å². The molecule has 0 bridgehead atoms. The average Bonchev–Trinajstić information content (AvgIpc) is 2.19. The van der Waals surface area contributed by atoms with Crippen LogP contribution in [-0.4, -0.2) is 17.0 Å². The molecule has 16 heavy (non-hydrogen) atoms. The molecule has 2 N–H and O–H groups in total. The number of benzene rings is 1. The van der Waals surface area contributed by atoms with Crippen LogP contribution in [0.2, 0.25) is 0 Å². The van der Waals surface area contributed by atoms with Gasteiger partial charge in [-0.15, -0.1) is 0 Å². The Morgan fingerprint density at radius 3 is 2.69 bits per heavy atom. The molecule has 0 aliphatic rings. The molecule has 0 radical (unpaired) electrons. The van der Waals surface area contributed by atoms with Crippen molar-refractivity contribution in [1.82, 2.24) is 0 Å². The molecule has 0 spiro atoms. The van der Waals surface area contributed by atoms with Gasteiger partial charge in [0.1, 0.15) is 6.42 Å². The summed E-state index contributed by atoms with van der Waals surface area (Å²) in [4.78, 5) is 21.4. The molecule has 1 aromatic carbocycles. The van der Waals surface area contributed by atoms with Gasteiger partial charge in [-0.1, -0.05) is 0 Å². The molecule has 0 aliphatic carbocycles. The Balaban J connectivity index is 2.79. The lowest BCUT2D eigenvalue weighted by atomic mass is 10.2. The molecule has 1 amide bonds. The maximum absolute atomic E-state index is 11.2. The summed E-state index contributed by atoms with van der Waals surface area (Å²) in [6.07, 6.45) is -0.591. The second kappa shape index (κ2) is 5.28. The van der Waals surface area contributed by atoms with Crippen LogP contribution in [0.1, 0.15) is 12.0 Å². The number of carboxylic acids is 1. The normalized spacial score (nSPS) is 9.25. The molecule has 0 unspecified atom stereocenters. The number of carbonyl (C=O) groups is 2. The number of hydrogen-bond acceptors (Lipinski definition) is 3. The minimum Gasteiger partial charge on any atom is -0.481 e. The van der Waals surface area contributed by atoms with E-state index in [9.17, 15) is 9.59 Å². The Morgan fingerprint density at radius 2 is 2.19 bits per heavy atom. The highest BCUT2D eigenvalue weighted by molar-refractivity contribution is 9.10. The fourth-order valence-electron chi connectivity index (χ4n) is 1.02. The first-order valence-electron chi connectivity index (χ1n) is 4.24. The standard InChI is InChI=1S/C10H7BrN2O3/c11-7-3-6(5-12)1-2-8(7)13-9(14)4-10(15)16/h1-3H,4H2,(H,13,14)(H,15,16). The zero-order valence-corrected chi connectivity index (χ0v) is 9.61. The monoisotopic (exact) mass is 282 g/mol. The molecule has 0 aromatic heterocycles. The van der Waals surface area contributed by atoms with Crippen LogP contribution in [-0.2, 0) is 9.59 Å². The van der Waals surface area contributed by atoms with Gasteiger partial charge in [0.15, 0.2) is 0 Å². The molecule has 0 atom stereocenters. The minimum atomic E-state index is -1.19. The smallest absolute Gasteiger partial charge is 0.312 e. The second-order valence-electron chi connectivity index (χ2n) is 2.93. The number of amides is 1. The van der Waals surface area contributed by atoms with Gasteiger partial charge in [0.05, 0.1) is 17.3 Å². The van der Waals surface area contributed by atoms with Crippen molar-refractivity contribution < 1.29 is 14.7 Å². The lowest BCUT2D eigenvalue weighted by Gasteiger charge is -2.05. The number of halogens is 1. The number of rotatable bonds is 3. The zero-order chi connectivity index (χ0) is 12.1. The molecule has 0 aliphatic heterocycles. The van der Waals surface area contributed by atoms with Gasteiger partial charge in [-0.25, -0.2) is 0 Å². The van der Waals surface area contributed by atoms with E-state index in [1.54, 1.807) is 0 Å². The predicted molar refractivity (Wildman–Crippen MR) is 59.7 cm³/mol. The number of hydrogen-bond donors (Lipinski definition) is 2. The fourth-order valence-corrected chi connectivity index (χ4v) is 1.50. The number of anilines is 1. The van der Waals surface area contributed by atoms with Crippen molar-refractivity contribution in [3.8, 4) is 6.07 Å². The van der Waals surface area contributed by atoms with Gasteiger partial charge in [-0.05, 0) is 34.1 Å². The van der Waals surface area contributed by atoms with E-state index in [1.165, 1.54) is 18.2 Å². The molecule has 5 nitrogen and oxygen atoms in total. The third kappa shape index (κ3) is 3.37. The first-order chi connectivity index (χ1) is 7.52. The summed E-state index contributed by atoms with van der Waals surface area (Å²) in [6.45, 7) is 0. The van der Waals surface area contributed by atoms with Crippen molar-refractivity contribution in [2.24, 2.45) is 0 Å². The lowest BCUT2D eigenvalue weighted by molar-refractivity contribution is -0.139. The number of nitrogens with zero attached hydrogens (tertiary/aromatic N) is 1. The molecule has 1 rings (SSSR count). The van der Waals surface area contributed by atoms with Gasteiger partial charge >= 0.3 is 5.97 Å². The predicted octanol–water partition coefficient (Wildman–Crippen LogP) is 1.73. The summed E-state index contributed by atoms with van der Waals surface area (Å²) in [5.74, 6) is -1.81. The van der Waals surface area contributed by atoms with Crippen LogP contribution in [0.3, 0.4) is 0 Å². The lowest BCUT2D eigenvalue weighted by Crippen LogP contribution is -2.16. The number of nitrogens with one attached hydrogen (secondary N) is 1. The Kier molecular flexibility index (Phi) is 4.03. The van der Waals surface area contributed by atoms with Crippen LogP contribution in [0.5, 0.6) is 0 Å². The minimum absolute atomic E-state index is 0.435. The van der Waals surface area contributed by atoms with Crippen LogP contribution in [0.25, 0.3) is 0 Å². The summed E-state index contributed by atoms with van der Waals surface area (Å²) >= 11 is 3.17. The Morgan fingerprint density at radius 1 is 1.50 bits per heavy atom. The van der Waals surface area contributed by atoms with E-state index in [4.69, 9.17) is 10.4 Å². The number of nitriles is 1. The van der Waals surface area contributed by atoms with Gasteiger partial charge in [0, 0.05) is 4.47 Å². The molecule has 6 heteroatoms. The van der Waals surface area contributed by atoms with Crippen molar-refractivity contribution >= 4 is 33.5 Å². The van der Waals surface area contributed by atoms with E-state index >= 15 is 0 Å². The van der Waals surface area contributed by atoms with Crippen molar-refractivity contribution in [3.05, 3.63) is 28.2 Å². The Hall–Kier alpha value is -1.87. The summed E-state index contributed by atoms with van der Waals surface area (Å²) < 4.78 is 0.533. The van der Waals surface area contributed by atoms with Crippen LogP contribution in [0, 0.1) is 11.3 Å². The molecular weight excluding hydrogens is 276 g/mol. The molecule has 82 valence electrons. The van der Waals surface area contributed by atoms with Gasteiger partial charge < -0.3 is 10.4 Å². The van der Waals surface area contributed by atoms with E-state index < -0.39 is 18.3 Å². The van der Waals surface area contributed by atoms with Crippen molar-refractivity contribution in [2.75, 3.05) is 5.32 Å². The van der Waals surface area contributed by atoms with Gasteiger partial charge in [0.25, 0.3) is 0 Å². The molecule has 1 aromatic rings. The topological polar surface area (TPSA) is 90.2 Å². The summed E-state index contributed by atoms with van der Waals surface area (Å²) in [6, 6.07) is 6.54. The third-order valence-corrected chi connectivity index (χ3v) is 2.34. The van der Waals surface area contributed by atoms with Crippen LogP contribution >= 0.6 is 15.9 Å². The number of carboxylic acid groups (broad SMARTS) is 1. The van der Waals surface area contributed by atoms with Gasteiger partial charge in [-0.2, -0.15) is 5.26 Å². The highest BCUT2D eigenvalue weighted by atomic mass is 79.9. The van der Waals surface area contributed by atoms with Crippen LogP contribution in [0.4, 0.5) is 5.69 Å². The Labute approximate surface area is 99.8 Å². The molecule has 0 saturated carbocycles. The quantitative estimate of drug-likeness (QED) is 0.826. The molecular formula is C10H7BrN2O3. The van der Waals surface area contributed by atoms with E-state index in [0.29, 0.717) is 15.7 Å². The van der Waals surface area contributed by atoms with Crippen molar-refractivity contribution in [1.29, 1.82) is 5.26 Å². The number of aliphatic carboxylic acids is 1. The van der Waals surface area contributed by atoms with E-state index in [1.807, 2.05) is 6.07 Å².